The molecule has 0 radical (unpaired) electrons. The van der Waals surface area contributed by atoms with Gasteiger partial charge in [-0.15, -0.1) is 4.91 Å². The molecule has 39 heavy (non-hydrogen) atoms. The molecule has 0 aliphatic rings. The number of aromatic amines is 1. The molecule has 5 rings (SSSR count). The Labute approximate surface area is 227 Å². The molecule has 0 aliphatic carbocycles. The van der Waals surface area contributed by atoms with Gasteiger partial charge in [-0.3, -0.25) is 9.94 Å². The number of anilines is 4. The number of halogens is 1. The molecule has 3 aromatic carbocycles. The van der Waals surface area contributed by atoms with Crippen molar-refractivity contribution in [3.8, 4) is 11.3 Å². The highest BCUT2D eigenvalue weighted by atomic mass is 35.5. The standard InChI is InChI=1S/C26H21ClN7O4P/c1-39(2,37)22-9-4-3-8-21(22)30-24-19(27)14-28-26(31-24)29-17-10-11-20-18(13-17)23(33-32-20)15-6-5-7-16(12-15)25(35)38-34-36/h3-14H,1-2H3,(H,32,33)(H2,28,29,30,31). The van der Waals surface area contributed by atoms with Crippen LogP contribution in [0, 0.1) is 4.91 Å². The molecule has 5 aromatic rings. The van der Waals surface area contributed by atoms with Gasteiger partial charge in [0.15, 0.2) is 11.2 Å². The molecule has 3 N–H and O–H groups in total. The molecule has 2 heterocycles. The van der Waals surface area contributed by atoms with Crippen molar-refractivity contribution < 1.29 is 14.2 Å². The van der Waals surface area contributed by atoms with Crippen LogP contribution in [0.4, 0.5) is 23.1 Å². The van der Waals surface area contributed by atoms with Crippen molar-refractivity contribution in [2.24, 2.45) is 5.34 Å². The Morgan fingerprint density at radius 1 is 1.05 bits per heavy atom. The molecule has 0 aliphatic heterocycles. The van der Waals surface area contributed by atoms with E-state index in [1.165, 1.54) is 12.3 Å². The van der Waals surface area contributed by atoms with Gasteiger partial charge in [-0.25, -0.2) is 9.78 Å². The van der Waals surface area contributed by atoms with E-state index >= 15 is 0 Å². The number of carbonyl (C=O) groups is 1. The Hall–Kier alpha value is -4.60. The van der Waals surface area contributed by atoms with Crippen LogP contribution in [0.15, 0.2) is 78.3 Å². The number of nitrogens with one attached hydrogen (secondary N) is 3. The Morgan fingerprint density at radius 2 is 1.87 bits per heavy atom. The number of para-hydroxylation sites is 1. The maximum Gasteiger partial charge on any atom is 0.369 e. The second-order valence-electron chi connectivity index (χ2n) is 8.87. The first-order valence-corrected chi connectivity index (χ1v) is 14.5. The number of nitrogens with zero attached hydrogens (tertiary/aromatic N) is 4. The third-order valence-corrected chi connectivity index (χ3v) is 7.62. The van der Waals surface area contributed by atoms with Crippen molar-refractivity contribution in [1.29, 1.82) is 0 Å². The van der Waals surface area contributed by atoms with Gasteiger partial charge in [0, 0.05) is 21.9 Å². The molecule has 11 nitrogen and oxygen atoms in total. The molecule has 0 spiro atoms. The highest BCUT2D eigenvalue weighted by Crippen LogP contribution is 2.38. The second-order valence-corrected chi connectivity index (χ2v) is 12.5. The molecule has 0 fully saturated rings. The van der Waals surface area contributed by atoms with Crippen LogP contribution in [0.2, 0.25) is 5.02 Å². The van der Waals surface area contributed by atoms with E-state index in [0.29, 0.717) is 38.8 Å². The highest BCUT2D eigenvalue weighted by Gasteiger charge is 2.18. The van der Waals surface area contributed by atoms with Gasteiger partial charge in [-0.05, 0) is 55.8 Å². The fraction of sp³-hybridized carbons (Fsp3) is 0.0769. The number of rotatable bonds is 8. The SMILES string of the molecule is CP(C)(=O)c1ccccc1Nc1nc(Nc2ccc3[nH]nc(-c4cccc(C(=O)ON=O)c4)c3c2)ncc1Cl. The molecule has 0 atom stereocenters. The number of H-pyrrole nitrogens is 1. The van der Waals surface area contributed by atoms with Crippen molar-refractivity contribution in [1.82, 2.24) is 20.2 Å². The molecule has 2 aromatic heterocycles. The zero-order valence-electron chi connectivity index (χ0n) is 20.7. The van der Waals surface area contributed by atoms with Crippen molar-refractivity contribution in [2.45, 2.75) is 0 Å². The minimum atomic E-state index is -2.55. The topological polar surface area (TPSA) is 151 Å². The van der Waals surface area contributed by atoms with Gasteiger partial charge in [0.05, 0.1) is 28.7 Å². The molecule has 0 unspecified atom stereocenters. The van der Waals surface area contributed by atoms with Crippen LogP contribution in [0.5, 0.6) is 0 Å². The molecule has 0 bridgehead atoms. The Bertz CT molecular complexity index is 1770. The van der Waals surface area contributed by atoms with Crippen LogP contribution in [0.25, 0.3) is 22.2 Å². The molecular weight excluding hydrogens is 541 g/mol. The zero-order valence-corrected chi connectivity index (χ0v) is 22.3. The summed E-state index contributed by atoms with van der Waals surface area (Å²) in [4.78, 5) is 35.2. The first kappa shape index (κ1) is 26.0. The number of carbonyl (C=O) groups excluding carboxylic acids is 1. The first-order chi connectivity index (χ1) is 18.7. The lowest BCUT2D eigenvalue weighted by molar-refractivity contribution is 0.0508. The van der Waals surface area contributed by atoms with E-state index in [-0.39, 0.29) is 11.5 Å². The number of benzene rings is 3. The van der Waals surface area contributed by atoms with Gasteiger partial charge in [-0.2, -0.15) is 10.1 Å². The van der Waals surface area contributed by atoms with Gasteiger partial charge in [0.1, 0.15) is 12.2 Å². The van der Waals surface area contributed by atoms with Crippen LogP contribution in [-0.4, -0.2) is 39.5 Å². The molecule has 0 amide bonds. The summed E-state index contributed by atoms with van der Waals surface area (Å²) < 4.78 is 12.8. The third-order valence-electron chi connectivity index (χ3n) is 5.79. The second kappa shape index (κ2) is 10.6. The van der Waals surface area contributed by atoms with E-state index in [1.807, 2.05) is 42.5 Å². The van der Waals surface area contributed by atoms with Crippen LogP contribution in [0.1, 0.15) is 10.4 Å². The Kier molecular flexibility index (Phi) is 7.10. The maximum absolute atomic E-state index is 12.8. The quantitative estimate of drug-likeness (QED) is 0.113. The summed E-state index contributed by atoms with van der Waals surface area (Å²) in [6, 6.07) is 19.3. The lowest BCUT2D eigenvalue weighted by atomic mass is 10.0. The number of hydrogen-bond donors (Lipinski definition) is 3. The summed E-state index contributed by atoms with van der Waals surface area (Å²) in [6.07, 6.45) is 1.47. The maximum atomic E-state index is 12.8. The average molecular weight is 562 g/mol. The average Bonchev–Trinajstić information content (AvgIpc) is 3.34. The van der Waals surface area contributed by atoms with Crippen LogP contribution in [0.3, 0.4) is 0 Å². The van der Waals surface area contributed by atoms with Crippen molar-refractivity contribution in [2.75, 3.05) is 24.0 Å². The molecule has 196 valence electrons. The van der Waals surface area contributed by atoms with Crippen molar-refractivity contribution >= 4 is 64.1 Å². The smallest absolute Gasteiger partial charge is 0.338 e. The summed E-state index contributed by atoms with van der Waals surface area (Å²) in [5, 5.41) is 17.6. The first-order valence-electron chi connectivity index (χ1n) is 11.6. The van der Waals surface area contributed by atoms with Gasteiger partial charge in [0.2, 0.25) is 5.95 Å². The van der Waals surface area contributed by atoms with Gasteiger partial charge >= 0.3 is 5.97 Å². The van der Waals surface area contributed by atoms with E-state index in [4.69, 9.17) is 11.6 Å². The van der Waals surface area contributed by atoms with Crippen LogP contribution < -0.4 is 15.9 Å². The minimum Gasteiger partial charge on any atom is -0.338 e. The van der Waals surface area contributed by atoms with Crippen molar-refractivity contribution in [3.05, 3.63) is 88.4 Å². The monoisotopic (exact) mass is 561 g/mol. The van der Waals surface area contributed by atoms with Crippen LogP contribution in [-0.2, 0) is 9.40 Å². The molecule has 0 saturated carbocycles. The lowest BCUT2D eigenvalue weighted by Gasteiger charge is -2.15. The summed E-state index contributed by atoms with van der Waals surface area (Å²) in [5.41, 5.74) is 3.47. The number of fused-ring (bicyclic) bond motifs is 1. The van der Waals surface area contributed by atoms with E-state index in [2.05, 4.69) is 41.0 Å². The summed E-state index contributed by atoms with van der Waals surface area (Å²) in [7, 11) is -2.55. The Balaban J connectivity index is 1.44. The predicted octanol–water partition coefficient (Wildman–Crippen LogP) is 6.25. The number of hydrogen-bond acceptors (Lipinski definition) is 10. The van der Waals surface area contributed by atoms with E-state index in [1.54, 1.807) is 31.5 Å². The largest absolute Gasteiger partial charge is 0.369 e. The van der Waals surface area contributed by atoms with Crippen LogP contribution >= 0.6 is 18.7 Å². The van der Waals surface area contributed by atoms with Gasteiger partial charge < -0.3 is 15.2 Å². The summed E-state index contributed by atoms with van der Waals surface area (Å²) in [5.74, 6) is -0.221. The van der Waals surface area contributed by atoms with Gasteiger partial charge in [-0.1, -0.05) is 35.9 Å². The fourth-order valence-electron chi connectivity index (χ4n) is 4.01. The van der Waals surface area contributed by atoms with E-state index in [0.717, 1.165) is 10.9 Å². The summed E-state index contributed by atoms with van der Waals surface area (Å²) in [6.45, 7) is 3.40. The molecule has 0 saturated heterocycles. The minimum absolute atomic E-state index is 0.163. The highest BCUT2D eigenvalue weighted by molar-refractivity contribution is 7.70. The predicted molar refractivity (Wildman–Crippen MR) is 152 cm³/mol. The van der Waals surface area contributed by atoms with Gasteiger partial charge in [0.25, 0.3) is 0 Å². The zero-order chi connectivity index (χ0) is 27.6. The Morgan fingerprint density at radius 3 is 2.67 bits per heavy atom. The molecule has 13 heteroatoms. The van der Waals surface area contributed by atoms with E-state index in [9.17, 15) is 14.3 Å². The van der Waals surface area contributed by atoms with Crippen molar-refractivity contribution in [3.63, 3.8) is 0 Å². The third kappa shape index (κ3) is 5.64. The fourth-order valence-corrected chi connectivity index (χ4v) is 5.31. The number of aromatic nitrogens is 4. The van der Waals surface area contributed by atoms with E-state index < -0.39 is 13.1 Å². The molecular formula is C26H21ClN7O4P. The lowest BCUT2D eigenvalue weighted by Crippen LogP contribution is -2.10. The normalized spacial score (nSPS) is 11.3. The summed E-state index contributed by atoms with van der Waals surface area (Å²) >= 11 is 6.37.